The lowest BCUT2D eigenvalue weighted by molar-refractivity contribution is 0.0945. The summed E-state index contributed by atoms with van der Waals surface area (Å²) in [6.07, 6.45) is 6.31. The maximum absolute atomic E-state index is 13.2. The van der Waals surface area contributed by atoms with E-state index >= 15 is 0 Å². The molecule has 5 nitrogen and oxygen atoms in total. The van der Waals surface area contributed by atoms with E-state index in [1.54, 1.807) is 12.1 Å². The van der Waals surface area contributed by atoms with Gasteiger partial charge in [-0.2, -0.15) is 0 Å². The van der Waals surface area contributed by atoms with Gasteiger partial charge in [-0.1, -0.05) is 49.6 Å². The Kier molecular flexibility index (Phi) is 9.27. The Morgan fingerprint density at radius 3 is 2.06 bits per heavy atom. The van der Waals surface area contributed by atoms with Crippen LogP contribution in [-0.2, 0) is 0 Å². The van der Waals surface area contributed by atoms with Crippen LogP contribution in [0.5, 0.6) is 17.2 Å². The molecule has 0 aromatic heterocycles. The van der Waals surface area contributed by atoms with Crippen LogP contribution in [0, 0.1) is 5.92 Å². The molecule has 1 fully saturated rings. The molecule has 5 heteroatoms. The van der Waals surface area contributed by atoms with Gasteiger partial charge in [-0.3, -0.25) is 4.79 Å². The first-order valence-corrected chi connectivity index (χ1v) is 12.1. The molecule has 174 valence electrons. The molecule has 0 heterocycles. The number of carbonyl (C=O) groups is 1. The minimum absolute atomic E-state index is 0.119. The van der Waals surface area contributed by atoms with Crippen molar-refractivity contribution in [2.45, 2.75) is 58.8 Å². The number of nitrogens with one attached hydrogen (secondary N) is 1. The van der Waals surface area contributed by atoms with Gasteiger partial charge in [0.15, 0.2) is 11.5 Å². The van der Waals surface area contributed by atoms with Crippen LogP contribution in [0.4, 0.5) is 0 Å². The van der Waals surface area contributed by atoms with E-state index in [0.717, 1.165) is 0 Å². The zero-order valence-electron chi connectivity index (χ0n) is 19.7. The molecule has 0 aliphatic heterocycles. The quantitative estimate of drug-likeness (QED) is 0.468. The van der Waals surface area contributed by atoms with Crippen LogP contribution in [0.3, 0.4) is 0 Å². The zero-order valence-corrected chi connectivity index (χ0v) is 19.7. The number of hydrogen-bond donors (Lipinski definition) is 1. The van der Waals surface area contributed by atoms with Crippen LogP contribution >= 0.6 is 0 Å². The summed E-state index contributed by atoms with van der Waals surface area (Å²) >= 11 is 0. The van der Waals surface area contributed by atoms with Gasteiger partial charge in [0.25, 0.3) is 5.91 Å². The van der Waals surface area contributed by atoms with Crippen molar-refractivity contribution in [1.82, 2.24) is 5.32 Å². The van der Waals surface area contributed by atoms with Crippen LogP contribution in [0.25, 0.3) is 0 Å². The molecule has 1 atom stereocenters. The molecule has 2 aromatic carbocycles. The summed E-state index contributed by atoms with van der Waals surface area (Å²) < 4.78 is 17.3. The number of benzene rings is 2. The van der Waals surface area contributed by atoms with Gasteiger partial charge in [0, 0.05) is 18.0 Å². The Bertz CT molecular complexity index is 819. The minimum atomic E-state index is -0.119. The fourth-order valence-corrected chi connectivity index (χ4v) is 4.62. The molecule has 3 rings (SSSR count). The van der Waals surface area contributed by atoms with E-state index in [0.29, 0.717) is 61.0 Å². The molecule has 1 aliphatic carbocycles. The maximum atomic E-state index is 13.2. The van der Waals surface area contributed by atoms with Crippen molar-refractivity contribution < 1.29 is 19.0 Å². The van der Waals surface area contributed by atoms with Gasteiger partial charge >= 0.3 is 0 Å². The second-order valence-electron chi connectivity index (χ2n) is 8.23. The van der Waals surface area contributed by atoms with Crippen molar-refractivity contribution in [3.63, 3.8) is 0 Å². The van der Waals surface area contributed by atoms with Crippen LogP contribution in [0.1, 0.15) is 74.7 Å². The van der Waals surface area contributed by atoms with E-state index < -0.39 is 0 Å². The van der Waals surface area contributed by atoms with Crippen molar-refractivity contribution in [2.75, 3.05) is 26.4 Å². The average molecular weight is 440 g/mol. The highest BCUT2D eigenvalue weighted by Gasteiger charge is 2.26. The smallest absolute Gasteiger partial charge is 0.251 e. The van der Waals surface area contributed by atoms with Gasteiger partial charge in [-0.25, -0.2) is 0 Å². The van der Waals surface area contributed by atoms with E-state index in [9.17, 15) is 4.79 Å². The Morgan fingerprint density at radius 2 is 1.50 bits per heavy atom. The molecule has 0 unspecified atom stereocenters. The Labute approximate surface area is 192 Å². The maximum Gasteiger partial charge on any atom is 0.251 e. The summed E-state index contributed by atoms with van der Waals surface area (Å²) in [4.78, 5) is 13.2. The molecule has 1 amide bonds. The lowest BCUT2D eigenvalue weighted by Gasteiger charge is -2.31. The molecule has 1 aliphatic rings. The first kappa shape index (κ1) is 24.0. The summed E-state index contributed by atoms with van der Waals surface area (Å²) in [5, 5.41) is 3.19. The van der Waals surface area contributed by atoms with Crippen LogP contribution in [0.15, 0.2) is 42.5 Å². The fourth-order valence-electron chi connectivity index (χ4n) is 4.62. The van der Waals surface area contributed by atoms with E-state index in [2.05, 4.69) is 29.6 Å². The van der Waals surface area contributed by atoms with Crippen molar-refractivity contribution in [1.29, 1.82) is 0 Å². The second-order valence-corrected chi connectivity index (χ2v) is 8.23. The number of rotatable bonds is 11. The number of carbonyl (C=O) groups excluding carboxylic acids is 1. The molecule has 2 aromatic rings. The standard InChI is InChI=1S/C27H37NO4/c1-4-30-24-17-22(18-25(31-5-2)26(24)32-6-3)27(29)28-19-23(20-13-9-7-10-14-20)21-15-11-8-12-16-21/h7,9-10,13-14,17-18,21,23H,4-6,8,11-12,15-16,19H2,1-3H3,(H,28,29)/t23-/m1/s1. The summed E-state index contributed by atoms with van der Waals surface area (Å²) in [5.41, 5.74) is 1.83. The number of amides is 1. The van der Waals surface area contributed by atoms with Crippen molar-refractivity contribution in [3.05, 3.63) is 53.6 Å². The van der Waals surface area contributed by atoms with E-state index in [4.69, 9.17) is 14.2 Å². The first-order valence-electron chi connectivity index (χ1n) is 12.1. The summed E-state index contributed by atoms with van der Waals surface area (Å²) in [6.45, 7) is 7.82. The van der Waals surface area contributed by atoms with Crippen molar-refractivity contribution in [2.24, 2.45) is 5.92 Å². The van der Waals surface area contributed by atoms with Gasteiger partial charge in [0.1, 0.15) is 0 Å². The molecule has 0 bridgehead atoms. The summed E-state index contributed by atoms with van der Waals surface area (Å²) in [7, 11) is 0. The van der Waals surface area contributed by atoms with Gasteiger partial charge in [-0.05, 0) is 57.2 Å². The lowest BCUT2D eigenvalue weighted by Crippen LogP contribution is -2.32. The Hall–Kier alpha value is -2.69. The molecule has 0 spiro atoms. The summed E-state index contributed by atoms with van der Waals surface area (Å²) in [5.74, 6) is 2.43. The predicted octanol–water partition coefficient (Wildman–Crippen LogP) is 5.98. The molecule has 1 saturated carbocycles. The van der Waals surface area contributed by atoms with Crippen LogP contribution < -0.4 is 19.5 Å². The van der Waals surface area contributed by atoms with Gasteiger partial charge in [-0.15, -0.1) is 0 Å². The molecule has 1 N–H and O–H groups in total. The highest BCUT2D eigenvalue weighted by molar-refractivity contribution is 5.95. The Balaban J connectivity index is 1.81. The summed E-state index contributed by atoms with van der Waals surface area (Å²) in [6, 6.07) is 14.1. The van der Waals surface area contributed by atoms with Gasteiger partial charge in [0.05, 0.1) is 19.8 Å². The fraction of sp³-hybridized carbons (Fsp3) is 0.519. The minimum Gasteiger partial charge on any atom is -0.490 e. The first-order chi connectivity index (χ1) is 15.7. The van der Waals surface area contributed by atoms with Crippen LogP contribution in [-0.4, -0.2) is 32.3 Å². The predicted molar refractivity (Wildman–Crippen MR) is 128 cm³/mol. The van der Waals surface area contributed by atoms with Crippen molar-refractivity contribution >= 4 is 5.91 Å². The third kappa shape index (κ3) is 6.18. The largest absolute Gasteiger partial charge is 0.490 e. The topological polar surface area (TPSA) is 56.8 Å². The lowest BCUT2D eigenvalue weighted by atomic mass is 9.76. The van der Waals surface area contributed by atoms with Gasteiger partial charge < -0.3 is 19.5 Å². The molecular weight excluding hydrogens is 402 g/mol. The van der Waals surface area contributed by atoms with E-state index in [-0.39, 0.29) is 5.91 Å². The van der Waals surface area contributed by atoms with Crippen molar-refractivity contribution in [3.8, 4) is 17.2 Å². The number of hydrogen-bond acceptors (Lipinski definition) is 4. The second kappa shape index (κ2) is 12.4. The third-order valence-corrected chi connectivity index (χ3v) is 6.10. The molecule has 32 heavy (non-hydrogen) atoms. The monoisotopic (exact) mass is 439 g/mol. The zero-order chi connectivity index (χ0) is 22.8. The SMILES string of the molecule is CCOc1cc(C(=O)NC[C@H](c2ccccc2)C2CCCCC2)cc(OCC)c1OCC. The van der Waals surface area contributed by atoms with E-state index in [1.807, 2.05) is 26.8 Å². The van der Waals surface area contributed by atoms with E-state index in [1.165, 1.54) is 37.7 Å². The molecule has 0 saturated heterocycles. The highest BCUT2D eigenvalue weighted by atomic mass is 16.5. The van der Waals surface area contributed by atoms with Gasteiger partial charge in [0.2, 0.25) is 5.75 Å². The number of ether oxygens (including phenoxy) is 3. The molecular formula is C27H37NO4. The van der Waals surface area contributed by atoms with Crippen LogP contribution in [0.2, 0.25) is 0 Å². The third-order valence-electron chi connectivity index (χ3n) is 6.10. The highest BCUT2D eigenvalue weighted by Crippen LogP contribution is 2.39. The average Bonchev–Trinajstić information content (AvgIpc) is 2.82. The molecule has 0 radical (unpaired) electrons. The normalized spacial score (nSPS) is 15.1. The Morgan fingerprint density at radius 1 is 0.906 bits per heavy atom.